The lowest BCUT2D eigenvalue weighted by molar-refractivity contribution is 0.233. The molecule has 0 spiro atoms. The molecular weight excluding hydrogens is 156 g/mol. The van der Waals surface area contributed by atoms with Crippen molar-refractivity contribution in [1.29, 1.82) is 0 Å². The van der Waals surface area contributed by atoms with E-state index in [4.69, 9.17) is 0 Å². The van der Waals surface area contributed by atoms with E-state index >= 15 is 0 Å². The van der Waals surface area contributed by atoms with Crippen molar-refractivity contribution in [3.05, 3.63) is 0 Å². The van der Waals surface area contributed by atoms with Crippen molar-refractivity contribution in [1.82, 2.24) is 0 Å². The molecule has 0 aromatic carbocycles. The highest BCUT2D eigenvalue weighted by Crippen LogP contribution is 2.31. The van der Waals surface area contributed by atoms with E-state index < -0.39 is 0 Å². The zero-order valence-electron chi connectivity index (χ0n) is 7.71. The second-order valence-electron chi connectivity index (χ2n) is 5.30. The van der Waals surface area contributed by atoms with Crippen molar-refractivity contribution in [2.45, 2.75) is 77.7 Å². The normalized spacial score (nSPS) is 9.69. The van der Waals surface area contributed by atoms with Crippen LogP contribution in [0.3, 0.4) is 0 Å². The van der Waals surface area contributed by atoms with Gasteiger partial charge < -0.3 is 0 Å². The molecule has 0 saturated carbocycles. The molecule has 0 N–H and O–H groups in total. The standard InChI is InChI=1S/C9H20.4CH4/c1-8(2,3)7-9(4,5)6;;;;/h7H2,1-6H3;4*1H4. The largest absolute Gasteiger partial charge is 0.0776 e. The zero-order chi connectivity index (χ0) is 7.71. The fourth-order valence-corrected chi connectivity index (χ4v) is 1.59. The van der Waals surface area contributed by atoms with E-state index in [2.05, 4.69) is 41.5 Å². The van der Waals surface area contributed by atoms with Gasteiger partial charge in [0.15, 0.2) is 0 Å². The fraction of sp³-hybridized carbons (Fsp3) is 1.00. The first kappa shape index (κ1) is 29.2. The number of rotatable bonds is 0. The topological polar surface area (TPSA) is 0 Å². The molecule has 0 atom stereocenters. The smallest absolute Gasteiger partial charge is 0.0378 e. The summed E-state index contributed by atoms with van der Waals surface area (Å²) in [4.78, 5) is 0. The van der Waals surface area contributed by atoms with E-state index in [1.807, 2.05) is 0 Å². The Balaban J connectivity index is -0.0000000533. The predicted molar refractivity (Wildman–Crippen MR) is 70.5 cm³/mol. The van der Waals surface area contributed by atoms with Crippen molar-refractivity contribution in [3.8, 4) is 0 Å². The quantitative estimate of drug-likeness (QED) is 0.441. The molecule has 0 aliphatic heterocycles. The number of hydrogen-bond acceptors (Lipinski definition) is 0. The van der Waals surface area contributed by atoms with Crippen LogP contribution in [0, 0.1) is 10.8 Å². The molecule has 0 aliphatic carbocycles. The van der Waals surface area contributed by atoms with Gasteiger partial charge in [-0.2, -0.15) is 0 Å². The molecule has 13 heavy (non-hydrogen) atoms. The van der Waals surface area contributed by atoms with Crippen molar-refractivity contribution in [3.63, 3.8) is 0 Å². The molecule has 0 aromatic rings. The van der Waals surface area contributed by atoms with Gasteiger partial charge in [-0.25, -0.2) is 0 Å². The zero-order valence-corrected chi connectivity index (χ0v) is 7.71. The van der Waals surface area contributed by atoms with Crippen LogP contribution in [0.15, 0.2) is 0 Å². The lowest BCUT2D eigenvalue weighted by Gasteiger charge is -2.28. The summed E-state index contributed by atoms with van der Waals surface area (Å²) >= 11 is 0. The molecule has 0 aromatic heterocycles. The minimum atomic E-state index is 0. The first-order valence-electron chi connectivity index (χ1n) is 3.71. The van der Waals surface area contributed by atoms with Gasteiger partial charge in [0.1, 0.15) is 0 Å². The van der Waals surface area contributed by atoms with Crippen LogP contribution in [0.1, 0.15) is 77.7 Å². The summed E-state index contributed by atoms with van der Waals surface area (Å²) in [7, 11) is 0. The maximum atomic E-state index is 2.29. The molecule has 0 rings (SSSR count). The lowest BCUT2D eigenvalue weighted by atomic mass is 9.78. The molecule has 0 aliphatic rings. The summed E-state index contributed by atoms with van der Waals surface area (Å²) in [5, 5.41) is 0. The van der Waals surface area contributed by atoms with E-state index in [-0.39, 0.29) is 29.7 Å². The van der Waals surface area contributed by atoms with Crippen LogP contribution in [-0.2, 0) is 0 Å². The molecule has 0 heteroatoms. The SMILES string of the molecule is C.C.C.C.CC(C)(C)CC(C)(C)C. The molecule has 0 unspecified atom stereocenters. The van der Waals surface area contributed by atoms with Crippen LogP contribution in [-0.4, -0.2) is 0 Å². The van der Waals surface area contributed by atoms with Gasteiger partial charge in [0.25, 0.3) is 0 Å². The van der Waals surface area contributed by atoms with Gasteiger partial charge in [-0.05, 0) is 17.3 Å². The summed E-state index contributed by atoms with van der Waals surface area (Å²) < 4.78 is 0. The predicted octanol–water partition coefficient (Wildman–Crippen LogP) is 6.01. The second kappa shape index (κ2) is 8.59. The highest BCUT2D eigenvalue weighted by atomic mass is 14.3. The Kier molecular flexibility index (Phi) is 19.3. The van der Waals surface area contributed by atoms with Gasteiger partial charge in [-0.15, -0.1) is 0 Å². The minimum absolute atomic E-state index is 0. The molecule has 0 fully saturated rings. The molecule has 88 valence electrons. The summed E-state index contributed by atoms with van der Waals surface area (Å²) in [6.07, 6.45) is 1.29. The van der Waals surface area contributed by atoms with Gasteiger partial charge >= 0.3 is 0 Å². The molecular formula is C13H36. The molecule has 0 heterocycles. The Labute approximate surface area is 89.1 Å². The monoisotopic (exact) mass is 192 g/mol. The van der Waals surface area contributed by atoms with Crippen molar-refractivity contribution in [2.24, 2.45) is 10.8 Å². The van der Waals surface area contributed by atoms with E-state index in [0.29, 0.717) is 10.8 Å². The number of hydrogen-bond donors (Lipinski definition) is 0. The Bertz CT molecular complexity index is 65.2. The van der Waals surface area contributed by atoms with Crippen molar-refractivity contribution >= 4 is 0 Å². The van der Waals surface area contributed by atoms with Crippen LogP contribution < -0.4 is 0 Å². The van der Waals surface area contributed by atoms with Crippen LogP contribution in [0.5, 0.6) is 0 Å². The van der Waals surface area contributed by atoms with Gasteiger partial charge in [-0.1, -0.05) is 71.2 Å². The third-order valence-electron chi connectivity index (χ3n) is 1.06. The average Bonchev–Trinajstić information content (AvgIpc) is 1.14. The van der Waals surface area contributed by atoms with E-state index in [0.717, 1.165) is 0 Å². The van der Waals surface area contributed by atoms with Gasteiger partial charge in [0, 0.05) is 0 Å². The second-order valence-corrected chi connectivity index (χ2v) is 5.30. The van der Waals surface area contributed by atoms with Crippen LogP contribution >= 0.6 is 0 Å². The Morgan fingerprint density at radius 3 is 0.692 bits per heavy atom. The fourth-order valence-electron chi connectivity index (χ4n) is 1.59. The van der Waals surface area contributed by atoms with E-state index in [1.165, 1.54) is 6.42 Å². The summed E-state index contributed by atoms with van der Waals surface area (Å²) in [5.74, 6) is 0. The van der Waals surface area contributed by atoms with Crippen LogP contribution in [0.4, 0.5) is 0 Å². The van der Waals surface area contributed by atoms with Crippen molar-refractivity contribution < 1.29 is 0 Å². The van der Waals surface area contributed by atoms with Gasteiger partial charge in [0.05, 0.1) is 0 Å². The minimum Gasteiger partial charge on any atom is -0.0776 e. The highest BCUT2D eigenvalue weighted by molar-refractivity contribution is 4.71. The Hall–Kier alpha value is 0. The van der Waals surface area contributed by atoms with Crippen LogP contribution in [0.25, 0.3) is 0 Å². The van der Waals surface area contributed by atoms with Crippen molar-refractivity contribution in [2.75, 3.05) is 0 Å². The molecule has 0 radical (unpaired) electrons. The highest BCUT2D eigenvalue weighted by Gasteiger charge is 2.20. The molecule has 0 amide bonds. The molecule has 0 saturated heterocycles. The first-order chi connectivity index (χ1) is 3.71. The van der Waals surface area contributed by atoms with E-state index in [1.54, 1.807) is 0 Å². The average molecular weight is 192 g/mol. The summed E-state index contributed by atoms with van der Waals surface area (Å²) in [6.45, 7) is 13.7. The third kappa shape index (κ3) is 33.3. The first-order valence-corrected chi connectivity index (χ1v) is 3.71. The Morgan fingerprint density at radius 2 is 0.692 bits per heavy atom. The molecule has 0 nitrogen and oxygen atoms in total. The van der Waals surface area contributed by atoms with Crippen LogP contribution in [0.2, 0.25) is 0 Å². The molecule has 0 bridgehead atoms. The lowest BCUT2D eigenvalue weighted by Crippen LogP contribution is -2.16. The maximum absolute atomic E-state index is 2.29. The van der Waals surface area contributed by atoms with Gasteiger partial charge in [0.2, 0.25) is 0 Å². The van der Waals surface area contributed by atoms with Gasteiger partial charge in [-0.3, -0.25) is 0 Å². The summed E-state index contributed by atoms with van der Waals surface area (Å²) in [5.41, 5.74) is 0.969. The van der Waals surface area contributed by atoms with E-state index in [9.17, 15) is 0 Å². The maximum Gasteiger partial charge on any atom is -0.0378 e. The Morgan fingerprint density at radius 1 is 0.538 bits per heavy atom. The third-order valence-corrected chi connectivity index (χ3v) is 1.06. The summed E-state index contributed by atoms with van der Waals surface area (Å²) in [6, 6.07) is 0.